The first-order valence-electron chi connectivity index (χ1n) is 6.06. The van der Waals surface area contributed by atoms with E-state index in [-0.39, 0.29) is 4.90 Å². The molecular formula is C14H10F3NS2. The van der Waals surface area contributed by atoms with Gasteiger partial charge in [0.05, 0.1) is 5.56 Å². The summed E-state index contributed by atoms with van der Waals surface area (Å²) < 4.78 is 39.4. The van der Waals surface area contributed by atoms with Crippen LogP contribution in [0.1, 0.15) is 24.0 Å². The van der Waals surface area contributed by atoms with Crippen LogP contribution in [0.3, 0.4) is 0 Å². The lowest BCUT2D eigenvalue weighted by Gasteiger charge is -2.15. The molecule has 20 heavy (non-hydrogen) atoms. The molecule has 1 nitrogen and oxygen atoms in total. The number of halogens is 3. The van der Waals surface area contributed by atoms with Crippen LogP contribution in [0.2, 0.25) is 0 Å². The van der Waals surface area contributed by atoms with E-state index in [0.29, 0.717) is 10.6 Å². The maximum Gasteiger partial charge on any atom is 0.417 e. The molecule has 0 aromatic heterocycles. The van der Waals surface area contributed by atoms with E-state index in [1.54, 1.807) is 6.07 Å². The molecule has 0 spiro atoms. The minimum absolute atomic E-state index is 0.189. The molecule has 0 bridgehead atoms. The van der Waals surface area contributed by atoms with Crippen molar-refractivity contribution in [1.29, 1.82) is 0 Å². The lowest BCUT2D eigenvalue weighted by Crippen LogP contribution is -2.22. The van der Waals surface area contributed by atoms with Crippen molar-refractivity contribution < 1.29 is 13.2 Å². The summed E-state index contributed by atoms with van der Waals surface area (Å²) in [5.41, 5.74) is 0.728. The third kappa shape index (κ3) is 2.38. The highest BCUT2D eigenvalue weighted by molar-refractivity contribution is 8.03. The Balaban J connectivity index is 2.17. The number of hydrogen-bond donors (Lipinski definition) is 1. The van der Waals surface area contributed by atoms with Crippen molar-refractivity contribution in [2.75, 3.05) is 0 Å². The molecule has 0 amide bonds. The van der Waals surface area contributed by atoms with Gasteiger partial charge in [0.1, 0.15) is 4.99 Å². The summed E-state index contributed by atoms with van der Waals surface area (Å²) in [6, 6.07) is 4.14. The van der Waals surface area contributed by atoms with Gasteiger partial charge in [-0.3, -0.25) is 0 Å². The van der Waals surface area contributed by atoms with Gasteiger partial charge in [0, 0.05) is 21.1 Å². The quantitative estimate of drug-likeness (QED) is 0.701. The van der Waals surface area contributed by atoms with Crippen molar-refractivity contribution in [2.45, 2.75) is 23.9 Å². The van der Waals surface area contributed by atoms with Crippen molar-refractivity contribution in [1.82, 2.24) is 5.32 Å². The lowest BCUT2D eigenvalue weighted by molar-refractivity contribution is -0.139. The van der Waals surface area contributed by atoms with Gasteiger partial charge in [-0.1, -0.05) is 48.3 Å². The van der Waals surface area contributed by atoms with E-state index >= 15 is 0 Å². The normalized spacial score (nSPS) is 18.2. The molecular weight excluding hydrogens is 303 g/mol. The number of thiocarbonyl (C=S) groups is 1. The van der Waals surface area contributed by atoms with Crippen molar-refractivity contribution in [3.63, 3.8) is 0 Å². The predicted octanol–water partition coefficient (Wildman–Crippen LogP) is 4.64. The molecule has 0 atom stereocenters. The Morgan fingerprint density at radius 3 is 2.80 bits per heavy atom. The van der Waals surface area contributed by atoms with Gasteiger partial charge >= 0.3 is 6.18 Å². The Morgan fingerprint density at radius 2 is 2.05 bits per heavy atom. The van der Waals surface area contributed by atoms with Crippen LogP contribution in [-0.2, 0) is 6.18 Å². The first kappa shape index (κ1) is 13.7. The maximum absolute atomic E-state index is 13.1. The Bertz CT molecular complexity index is 644. The van der Waals surface area contributed by atoms with Gasteiger partial charge in [-0.25, -0.2) is 0 Å². The minimum atomic E-state index is -4.38. The van der Waals surface area contributed by atoms with Gasteiger partial charge in [0.2, 0.25) is 0 Å². The molecule has 1 heterocycles. The molecule has 0 radical (unpaired) electrons. The van der Waals surface area contributed by atoms with Crippen molar-refractivity contribution in [3.05, 3.63) is 52.1 Å². The highest BCUT2D eigenvalue weighted by Gasteiger charge is 2.36. The van der Waals surface area contributed by atoms with E-state index in [1.165, 1.54) is 6.07 Å². The van der Waals surface area contributed by atoms with Gasteiger partial charge in [0.25, 0.3) is 0 Å². The zero-order valence-electron chi connectivity index (χ0n) is 10.3. The number of nitrogens with one attached hydrogen (secondary N) is 1. The zero-order chi connectivity index (χ0) is 14.3. The average molecular weight is 313 g/mol. The highest BCUT2D eigenvalue weighted by atomic mass is 32.2. The van der Waals surface area contributed by atoms with Crippen LogP contribution in [0, 0.1) is 0 Å². The lowest BCUT2D eigenvalue weighted by atomic mass is 10.1. The summed E-state index contributed by atoms with van der Waals surface area (Å²) in [6.07, 6.45) is 1.10. The average Bonchev–Trinajstić information content (AvgIpc) is 2.53. The molecule has 104 valence electrons. The summed E-state index contributed by atoms with van der Waals surface area (Å²) in [5, 5.41) is 3.09. The number of rotatable bonds is 0. The Hall–Kier alpha value is -1.27. The molecule has 3 rings (SSSR count). The Morgan fingerprint density at radius 1 is 1.25 bits per heavy atom. The Labute approximate surface area is 123 Å². The first-order chi connectivity index (χ1) is 9.47. The fraction of sp³-hybridized carbons (Fsp3) is 0.214. The van der Waals surface area contributed by atoms with E-state index in [0.717, 1.165) is 41.3 Å². The summed E-state index contributed by atoms with van der Waals surface area (Å²) in [5.74, 6) is 0. The molecule has 2 aliphatic rings. The van der Waals surface area contributed by atoms with Gasteiger partial charge in [0.15, 0.2) is 0 Å². The van der Waals surface area contributed by atoms with Crippen molar-refractivity contribution in [2.24, 2.45) is 0 Å². The summed E-state index contributed by atoms with van der Waals surface area (Å²) in [4.78, 5) is 1.36. The van der Waals surface area contributed by atoms with E-state index in [1.807, 2.05) is 12.2 Å². The van der Waals surface area contributed by atoms with Crippen LogP contribution in [-0.4, -0.2) is 4.99 Å². The van der Waals surface area contributed by atoms with E-state index in [2.05, 4.69) is 5.32 Å². The van der Waals surface area contributed by atoms with Crippen LogP contribution in [0.15, 0.2) is 45.8 Å². The SMILES string of the molecule is FC(F)(F)c1cccc2c1SC1=C(CCC=C1)NC2=S. The Kier molecular flexibility index (Phi) is 3.38. The molecule has 0 saturated carbocycles. The zero-order valence-corrected chi connectivity index (χ0v) is 11.9. The third-order valence-electron chi connectivity index (χ3n) is 3.17. The van der Waals surface area contributed by atoms with Gasteiger partial charge in [-0.2, -0.15) is 13.2 Å². The maximum atomic E-state index is 13.1. The number of allylic oxidation sites excluding steroid dienone is 3. The second-order valence-electron chi connectivity index (χ2n) is 4.52. The standard InChI is InChI=1S/C14H10F3NS2/c15-14(16,17)9-5-3-4-8-12(9)20-11-7-2-1-6-10(11)18-13(8)19/h2-5,7H,1,6H2,(H,18,19). The van der Waals surface area contributed by atoms with Crippen LogP contribution in [0.5, 0.6) is 0 Å². The minimum Gasteiger partial charge on any atom is -0.349 e. The first-order valence-corrected chi connectivity index (χ1v) is 7.28. The van der Waals surface area contributed by atoms with E-state index < -0.39 is 11.7 Å². The fourth-order valence-corrected chi connectivity index (χ4v) is 3.82. The van der Waals surface area contributed by atoms with Gasteiger partial charge in [-0.15, -0.1) is 0 Å². The molecule has 6 heteroatoms. The number of fused-ring (bicyclic) bond motifs is 1. The van der Waals surface area contributed by atoms with Crippen LogP contribution < -0.4 is 5.32 Å². The molecule has 1 aromatic carbocycles. The third-order valence-corrected chi connectivity index (χ3v) is 4.74. The van der Waals surface area contributed by atoms with Crippen LogP contribution >= 0.6 is 24.0 Å². The number of alkyl halides is 3. The molecule has 1 aliphatic carbocycles. The van der Waals surface area contributed by atoms with Gasteiger partial charge in [-0.05, 0) is 18.9 Å². The fourth-order valence-electron chi connectivity index (χ4n) is 2.22. The van der Waals surface area contributed by atoms with Crippen LogP contribution in [0.4, 0.5) is 13.2 Å². The summed E-state index contributed by atoms with van der Waals surface area (Å²) >= 11 is 6.39. The summed E-state index contributed by atoms with van der Waals surface area (Å²) in [7, 11) is 0. The molecule has 0 saturated heterocycles. The molecule has 0 fully saturated rings. The second-order valence-corrected chi connectivity index (χ2v) is 5.98. The summed E-state index contributed by atoms with van der Waals surface area (Å²) in [6.45, 7) is 0. The molecule has 1 aromatic rings. The van der Waals surface area contributed by atoms with Crippen molar-refractivity contribution >= 4 is 29.0 Å². The van der Waals surface area contributed by atoms with E-state index in [4.69, 9.17) is 12.2 Å². The number of thioether (sulfide) groups is 1. The van der Waals surface area contributed by atoms with Crippen LogP contribution in [0.25, 0.3) is 0 Å². The number of hydrogen-bond acceptors (Lipinski definition) is 2. The molecule has 1 aliphatic heterocycles. The highest BCUT2D eigenvalue weighted by Crippen LogP contribution is 2.44. The van der Waals surface area contributed by atoms with Crippen molar-refractivity contribution in [3.8, 4) is 0 Å². The largest absolute Gasteiger partial charge is 0.417 e. The predicted molar refractivity (Wildman–Crippen MR) is 77.5 cm³/mol. The van der Waals surface area contributed by atoms with Gasteiger partial charge < -0.3 is 5.32 Å². The number of benzene rings is 1. The second kappa shape index (κ2) is 4.93. The molecule has 0 unspecified atom stereocenters. The monoisotopic (exact) mass is 313 g/mol. The molecule has 1 N–H and O–H groups in total. The topological polar surface area (TPSA) is 12.0 Å². The smallest absolute Gasteiger partial charge is 0.349 e. The van der Waals surface area contributed by atoms with E-state index in [9.17, 15) is 13.2 Å².